The topological polar surface area (TPSA) is 82.2 Å². The summed E-state index contributed by atoms with van der Waals surface area (Å²) in [6.45, 7) is 0.621. The molecule has 6 heteroatoms. The number of methoxy groups -OCH3 is 1. The van der Waals surface area contributed by atoms with Gasteiger partial charge in [-0.25, -0.2) is 4.79 Å². The first-order valence-corrected chi connectivity index (χ1v) is 5.79. The van der Waals surface area contributed by atoms with Crippen molar-refractivity contribution in [2.75, 3.05) is 18.2 Å². The largest absolute Gasteiger partial charge is 0.465 e. The highest BCUT2D eigenvalue weighted by molar-refractivity contribution is 5.91. The molecule has 0 saturated heterocycles. The van der Waals surface area contributed by atoms with E-state index in [0.717, 1.165) is 11.3 Å². The van der Waals surface area contributed by atoms with Crippen LogP contribution in [0.15, 0.2) is 30.6 Å². The number of hydrogen-bond donors (Lipinski definition) is 2. The van der Waals surface area contributed by atoms with Crippen LogP contribution in [0.3, 0.4) is 0 Å². The van der Waals surface area contributed by atoms with Crippen molar-refractivity contribution in [2.24, 2.45) is 7.05 Å². The number of nitrogens with zero attached hydrogens (tertiary/aromatic N) is 2. The number of carbonyl (C=O) groups excluding carboxylic acids is 1. The van der Waals surface area contributed by atoms with Crippen molar-refractivity contribution in [3.8, 4) is 0 Å². The Labute approximate surface area is 111 Å². The molecule has 19 heavy (non-hydrogen) atoms. The van der Waals surface area contributed by atoms with Gasteiger partial charge in [0.25, 0.3) is 0 Å². The summed E-state index contributed by atoms with van der Waals surface area (Å²) >= 11 is 0. The molecule has 0 aliphatic heterocycles. The Morgan fingerprint density at radius 2 is 2.32 bits per heavy atom. The number of aromatic nitrogens is 2. The summed E-state index contributed by atoms with van der Waals surface area (Å²) in [6.07, 6.45) is 3.71. The van der Waals surface area contributed by atoms with Gasteiger partial charge in [0.1, 0.15) is 0 Å². The van der Waals surface area contributed by atoms with Crippen LogP contribution < -0.4 is 11.1 Å². The van der Waals surface area contributed by atoms with Crippen LogP contribution in [-0.2, 0) is 18.3 Å². The van der Waals surface area contributed by atoms with E-state index in [1.54, 1.807) is 29.1 Å². The van der Waals surface area contributed by atoms with Crippen molar-refractivity contribution in [1.29, 1.82) is 0 Å². The molecule has 0 bridgehead atoms. The first-order chi connectivity index (χ1) is 9.10. The van der Waals surface area contributed by atoms with Crippen molar-refractivity contribution >= 4 is 17.3 Å². The summed E-state index contributed by atoms with van der Waals surface area (Å²) in [4.78, 5) is 11.3. The maximum absolute atomic E-state index is 11.3. The average molecular weight is 260 g/mol. The maximum atomic E-state index is 11.3. The van der Waals surface area contributed by atoms with Crippen LogP contribution in [0.1, 0.15) is 15.9 Å². The monoisotopic (exact) mass is 260 g/mol. The predicted octanol–water partition coefficient (Wildman–Crippen LogP) is 1.40. The van der Waals surface area contributed by atoms with Gasteiger partial charge in [-0.1, -0.05) is 0 Å². The lowest BCUT2D eigenvalue weighted by Gasteiger charge is -2.09. The van der Waals surface area contributed by atoms with Gasteiger partial charge in [0.2, 0.25) is 0 Å². The van der Waals surface area contributed by atoms with Crippen LogP contribution >= 0.6 is 0 Å². The summed E-state index contributed by atoms with van der Waals surface area (Å²) in [7, 11) is 3.20. The molecule has 0 aliphatic carbocycles. The minimum absolute atomic E-state index is 0.398. The third-order valence-electron chi connectivity index (χ3n) is 2.71. The first kappa shape index (κ1) is 12.9. The number of ether oxygens (including phenoxy) is 1. The van der Waals surface area contributed by atoms with Crippen molar-refractivity contribution in [1.82, 2.24) is 9.78 Å². The summed E-state index contributed by atoms with van der Waals surface area (Å²) in [6, 6.07) is 5.03. The van der Waals surface area contributed by atoms with Crippen LogP contribution in [0, 0.1) is 0 Å². The number of nitrogen functional groups attached to an aromatic ring is 1. The minimum atomic E-state index is -0.398. The fraction of sp³-hybridized carbons (Fsp3) is 0.231. The van der Waals surface area contributed by atoms with Gasteiger partial charge in [0.15, 0.2) is 0 Å². The van der Waals surface area contributed by atoms with Crippen LogP contribution in [0.5, 0.6) is 0 Å². The van der Waals surface area contributed by atoms with E-state index in [0.29, 0.717) is 17.8 Å². The Morgan fingerprint density at radius 3 is 2.89 bits per heavy atom. The molecule has 0 amide bonds. The molecule has 0 radical (unpaired) electrons. The standard InChI is InChI=1S/C13H16N4O2/c1-17-8-9(7-16-17)6-15-12-4-3-10(5-11(12)14)13(18)19-2/h3-5,7-8,15H,6,14H2,1-2H3. The average Bonchev–Trinajstić information content (AvgIpc) is 2.82. The van der Waals surface area contributed by atoms with E-state index in [4.69, 9.17) is 5.73 Å². The highest BCUT2D eigenvalue weighted by atomic mass is 16.5. The number of nitrogens with two attached hydrogens (primary N) is 1. The number of hydrogen-bond acceptors (Lipinski definition) is 5. The van der Waals surface area contributed by atoms with E-state index in [1.165, 1.54) is 7.11 Å². The third kappa shape index (κ3) is 3.04. The molecule has 100 valence electrons. The Hall–Kier alpha value is -2.50. The molecule has 0 atom stereocenters. The van der Waals surface area contributed by atoms with E-state index >= 15 is 0 Å². The van der Waals surface area contributed by atoms with E-state index < -0.39 is 5.97 Å². The lowest BCUT2D eigenvalue weighted by molar-refractivity contribution is 0.0601. The number of carbonyl (C=O) groups is 1. The number of aryl methyl sites for hydroxylation is 1. The molecule has 6 nitrogen and oxygen atoms in total. The van der Waals surface area contributed by atoms with Crippen molar-refractivity contribution < 1.29 is 9.53 Å². The Bertz CT molecular complexity index is 592. The highest BCUT2D eigenvalue weighted by Gasteiger charge is 2.08. The van der Waals surface area contributed by atoms with Gasteiger partial charge >= 0.3 is 5.97 Å². The van der Waals surface area contributed by atoms with Crippen molar-refractivity contribution in [3.63, 3.8) is 0 Å². The van der Waals surface area contributed by atoms with Gasteiger partial charge in [-0.05, 0) is 18.2 Å². The third-order valence-corrected chi connectivity index (χ3v) is 2.71. The zero-order chi connectivity index (χ0) is 13.8. The number of esters is 1. The second-order valence-corrected chi connectivity index (χ2v) is 4.17. The van der Waals surface area contributed by atoms with E-state index in [-0.39, 0.29) is 0 Å². The number of nitrogens with one attached hydrogen (secondary N) is 1. The molecule has 3 N–H and O–H groups in total. The normalized spacial score (nSPS) is 10.2. The van der Waals surface area contributed by atoms with E-state index in [1.807, 2.05) is 13.2 Å². The minimum Gasteiger partial charge on any atom is -0.465 e. The van der Waals surface area contributed by atoms with Gasteiger partial charge in [0, 0.05) is 25.4 Å². The SMILES string of the molecule is COC(=O)c1ccc(NCc2cnn(C)c2)c(N)c1. The Kier molecular flexibility index (Phi) is 3.70. The summed E-state index contributed by atoms with van der Waals surface area (Å²) in [5.41, 5.74) is 8.66. The highest BCUT2D eigenvalue weighted by Crippen LogP contribution is 2.21. The fourth-order valence-electron chi connectivity index (χ4n) is 1.73. The van der Waals surface area contributed by atoms with Crippen LogP contribution in [0.4, 0.5) is 11.4 Å². The van der Waals surface area contributed by atoms with Gasteiger partial charge in [0.05, 0.1) is 30.2 Å². The van der Waals surface area contributed by atoms with Crippen LogP contribution in [0.25, 0.3) is 0 Å². The lowest BCUT2D eigenvalue weighted by Crippen LogP contribution is -2.05. The van der Waals surface area contributed by atoms with Crippen molar-refractivity contribution in [2.45, 2.75) is 6.54 Å². The van der Waals surface area contributed by atoms with Crippen LogP contribution in [0.2, 0.25) is 0 Å². The van der Waals surface area contributed by atoms with Gasteiger partial charge in [-0.3, -0.25) is 4.68 Å². The second kappa shape index (κ2) is 5.43. The molecule has 0 aliphatic rings. The molecule has 0 spiro atoms. The van der Waals surface area contributed by atoms with Gasteiger partial charge in [-0.2, -0.15) is 5.10 Å². The van der Waals surface area contributed by atoms with Crippen LogP contribution in [-0.4, -0.2) is 22.9 Å². The van der Waals surface area contributed by atoms with E-state index in [2.05, 4.69) is 15.2 Å². The molecule has 0 unspecified atom stereocenters. The molecule has 2 aromatic rings. The first-order valence-electron chi connectivity index (χ1n) is 5.79. The van der Waals surface area contributed by atoms with E-state index in [9.17, 15) is 4.79 Å². The molecular formula is C13H16N4O2. The summed E-state index contributed by atoms with van der Waals surface area (Å²) in [5.74, 6) is -0.398. The lowest BCUT2D eigenvalue weighted by atomic mass is 10.1. The number of benzene rings is 1. The Balaban J connectivity index is 2.07. The summed E-state index contributed by atoms with van der Waals surface area (Å²) < 4.78 is 6.37. The molecular weight excluding hydrogens is 244 g/mol. The molecule has 1 aromatic carbocycles. The van der Waals surface area contributed by atoms with Gasteiger partial charge in [-0.15, -0.1) is 0 Å². The zero-order valence-corrected chi connectivity index (χ0v) is 10.9. The van der Waals surface area contributed by atoms with Gasteiger partial charge < -0.3 is 15.8 Å². The van der Waals surface area contributed by atoms with Crippen molar-refractivity contribution in [3.05, 3.63) is 41.7 Å². The predicted molar refractivity (Wildman–Crippen MR) is 72.7 cm³/mol. The molecule has 0 saturated carbocycles. The molecule has 2 rings (SSSR count). The quantitative estimate of drug-likeness (QED) is 0.641. The number of rotatable bonds is 4. The smallest absolute Gasteiger partial charge is 0.337 e. The Morgan fingerprint density at radius 1 is 1.53 bits per heavy atom. The zero-order valence-electron chi connectivity index (χ0n) is 10.9. The summed E-state index contributed by atoms with van der Waals surface area (Å²) in [5, 5.41) is 7.28. The fourth-order valence-corrected chi connectivity index (χ4v) is 1.73. The molecule has 1 heterocycles. The molecule has 1 aromatic heterocycles. The number of anilines is 2. The molecule has 0 fully saturated rings. The maximum Gasteiger partial charge on any atom is 0.337 e. The second-order valence-electron chi connectivity index (χ2n) is 4.17.